The molecule has 4 heteroatoms. The lowest BCUT2D eigenvalue weighted by molar-refractivity contribution is 0.669. The first-order valence-corrected chi connectivity index (χ1v) is 16.3. The van der Waals surface area contributed by atoms with Crippen molar-refractivity contribution in [2.75, 3.05) is 4.90 Å². The summed E-state index contributed by atoms with van der Waals surface area (Å²) in [5.74, 6) is 0. The molecule has 216 valence electrons. The lowest BCUT2D eigenvalue weighted by atomic mass is 10.0. The fraction of sp³-hybridized carbons (Fsp3) is 0. The maximum Gasteiger partial charge on any atom is 0.137 e. The Labute approximate surface area is 268 Å². The molecule has 0 atom stereocenters. The molecule has 0 spiro atoms. The van der Waals surface area contributed by atoms with E-state index in [1.165, 1.54) is 42.0 Å². The van der Waals surface area contributed by atoms with Crippen LogP contribution in [0.5, 0.6) is 0 Å². The van der Waals surface area contributed by atoms with Gasteiger partial charge in [0.2, 0.25) is 0 Å². The third kappa shape index (κ3) is 3.65. The van der Waals surface area contributed by atoms with Crippen molar-refractivity contribution < 1.29 is 4.42 Å². The summed E-state index contributed by atoms with van der Waals surface area (Å²) in [7, 11) is 0. The number of benzene rings is 7. The second-order valence-corrected chi connectivity index (χ2v) is 12.8. The second-order valence-electron chi connectivity index (χ2n) is 11.7. The Bertz CT molecular complexity index is 2650. The summed E-state index contributed by atoms with van der Waals surface area (Å²) in [5, 5.41) is 7.21. The van der Waals surface area contributed by atoms with Crippen LogP contribution in [-0.4, -0.2) is 4.57 Å². The third-order valence-electron chi connectivity index (χ3n) is 9.17. The van der Waals surface area contributed by atoms with Gasteiger partial charge in [-0.15, -0.1) is 11.3 Å². The van der Waals surface area contributed by atoms with Gasteiger partial charge >= 0.3 is 0 Å². The Morgan fingerprint density at radius 3 is 2.00 bits per heavy atom. The van der Waals surface area contributed by atoms with Gasteiger partial charge in [0.15, 0.2) is 0 Å². The first-order chi connectivity index (χ1) is 22.8. The molecule has 0 N–H and O–H groups in total. The van der Waals surface area contributed by atoms with Crippen molar-refractivity contribution in [3.8, 4) is 5.69 Å². The summed E-state index contributed by atoms with van der Waals surface area (Å²) >= 11 is 1.85. The van der Waals surface area contributed by atoms with Crippen LogP contribution in [0.25, 0.3) is 69.6 Å². The fourth-order valence-corrected chi connectivity index (χ4v) is 8.37. The average Bonchev–Trinajstić information content (AvgIpc) is 3.79. The molecule has 3 aromatic heterocycles. The molecule has 3 nitrogen and oxygen atoms in total. The zero-order valence-corrected chi connectivity index (χ0v) is 25.5. The Hall–Kier alpha value is -5.84. The Morgan fingerprint density at radius 2 is 1.11 bits per heavy atom. The lowest BCUT2D eigenvalue weighted by Gasteiger charge is -2.27. The first kappa shape index (κ1) is 25.5. The van der Waals surface area contributed by atoms with Gasteiger partial charge < -0.3 is 13.9 Å². The highest BCUT2D eigenvalue weighted by atomic mass is 32.1. The van der Waals surface area contributed by atoms with Gasteiger partial charge in [0.25, 0.3) is 0 Å². The lowest BCUT2D eigenvalue weighted by Crippen LogP contribution is -2.10. The van der Waals surface area contributed by atoms with Gasteiger partial charge in [-0.1, -0.05) is 84.9 Å². The van der Waals surface area contributed by atoms with E-state index in [1.54, 1.807) is 0 Å². The van der Waals surface area contributed by atoms with Gasteiger partial charge in [-0.3, -0.25) is 0 Å². The average molecular weight is 607 g/mol. The second kappa shape index (κ2) is 9.83. The molecule has 0 aliphatic carbocycles. The number of hydrogen-bond donors (Lipinski definition) is 0. The predicted octanol–water partition coefficient (Wildman–Crippen LogP) is 12.5. The molecule has 0 saturated heterocycles. The number of para-hydroxylation sites is 3. The van der Waals surface area contributed by atoms with E-state index in [4.69, 9.17) is 4.42 Å². The van der Waals surface area contributed by atoms with E-state index in [0.29, 0.717) is 0 Å². The molecule has 0 aliphatic heterocycles. The zero-order valence-electron chi connectivity index (χ0n) is 24.7. The monoisotopic (exact) mass is 606 g/mol. The van der Waals surface area contributed by atoms with E-state index < -0.39 is 0 Å². The molecule has 0 radical (unpaired) electrons. The number of aromatic nitrogens is 1. The standard InChI is InChI=1S/C42H26N2OS/c1-2-12-27(13-3-1)43-33-17-7-4-14-29(33)32-26-28(24-25-34(32)43)44(35-18-10-21-38-41(35)30-15-5-8-20-37(30)45-38)36-19-11-23-40-42(36)31-16-6-9-22-39(31)46-40/h1-26H. The summed E-state index contributed by atoms with van der Waals surface area (Å²) in [4.78, 5) is 2.44. The van der Waals surface area contributed by atoms with Crippen LogP contribution < -0.4 is 4.90 Å². The van der Waals surface area contributed by atoms with E-state index in [1.807, 2.05) is 17.4 Å². The minimum absolute atomic E-state index is 0.882. The van der Waals surface area contributed by atoms with Crippen molar-refractivity contribution in [1.82, 2.24) is 4.57 Å². The molecule has 0 aliphatic rings. The Kier molecular flexibility index (Phi) is 5.45. The number of fused-ring (bicyclic) bond motifs is 9. The van der Waals surface area contributed by atoms with E-state index in [2.05, 4.69) is 161 Å². The van der Waals surface area contributed by atoms with Crippen LogP contribution in [0.1, 0.15) is 0 Å². The molecular weight excluding hydrogens is 581 g/mol. The molecule has 10 aromatic rings. The summed E-state index contributed by atoms with van der Waals surface area (Å²) in [6, 6.07) is 56.5. The van der Waals surface area contributed by atoms with Crippen LogP contribution in [0.3, 0.4) is 0 Å². The maximum absolute atomic E-state index is 6.41. The summed E-state index contributed by atoms with van der Waals surface area (Å²) in [5.41, 5.74) is 8.66. The molecular formula is C42H26N2OS. The minimum atomic E-state index is 0.882. The van der Waals surface area contributed by atoms with Crippen LogP contribution in [-0.2, 0) is 0 Å². The van der Waals surface area contributed by atoms with Gasteiger partial charge in [0.1, 0.15) is 11.2 Å². The van der Waals surface area contributed by atoms with Crippen LogP contribution in [0.2, 0.25) is 0 Å². The molecule has 7 aromatic carbocycles. The number of anilines is 3. The van der Waals surface area contributed by atoms with Crippen molar-refractivity contribution in [3.05, 3.63) is 158 Å². The van der Waals surface area contributed by atoms with Gasteiger partial charge in [-0.25, -0.2) is 0 Å². The van der Waals surface area contributed by atoms with Gasteiger partial charge in [0, 0.05) is 47.7 Å². The van der Waals surface area contributed by atoms with E-state index in [0.717, 1.165) is 44.7 Å². The van der Waals surface area contributed by atoms with Crippen molar-refractivity contribution >= 4 is 92.3 Å². The normalized spacial score (nSPS) is 11.9. The Morgan fingerprint density at radius 1 is 0.457 bits per heavy atom. The molecule has 0 amide bonds. The highest BCUT2D eigenvalue weighted by Crippen LogP contribution is 2.48. The molecule has 3 heterocycles. The predicted molar refractivity (Wildman–Crippen MR) is 196 cm³/mol. The Balaban J connectivity index is 1.33. The van der Waals surface area contributed by atoms with Crippen LogP contribution >= 0.6 is 11.3 Å². The number of hydrogen-bond acceptors (Lipinski definition) is 3. The molecule has 0 fully saturated rings. The summed E-state index contributed by atoms with van der Waals surface area (Å²) < 4.78 is 11.3. The van der Waals surface area contributed by atoms with E-state index in [-0.39, 0.29) is 0 Å². The molecule has 10 rings (SSSR count). The molecule has 0 bridgehead atoms. The van der Waals surface area contributed by atoms with E-state index >= 15 is 0 Å². The number of furan rings is 1. The first-order valence-electron chi connectivity index (χ1n) is 15.5. The van der Waals surface area contributed by atoms with Crippen molar-refractivity contribution in [2.45, 2.75) is 0 Å². The SMILES string of the molecule is c1ccc(-n2c3ccccc3c3cc(N(c4cccc5oc6ccccc6c45)c4cccc5sc6ccccc6c45)ccc32)cc1. The van der Waals surface area contributed by atoms with Gasteiger partial charge in [-0.2, -0.15) is 0 Å². The third-order valence-corrected chi connectivity index (χ3v) is 10.3. The van der Waals surface area contributed by atoms with Crippen LogP contribution in [0, 0.1) is 0 Å². The fourth-order valence-electron chi connectivity index (χ4n) is 7.25. The number of thiophene rings is 1. The van der Waals surface area contributed by atoms with Crippen LogP contribution in [0.15, 0.2) is 162 Å². The highest BCUT2D eigenvalue weighted by Gasteiger charge is 2.23. The maximum atomic E-state index is 6.41. The van der Waals surface area contributed by atoms with E-state index in [9.17, 15) is 0 Å². The molecule has 0 unspecified atom stereocenters. The number of rotatable bonds is 4. The van der Waals surface area contributed by atoms with Crippen molar-refractivity contribution in [2.24, 2.45) is 0 Å². The quantitative estimate of drug-likeness (QED) is 0.199. The van der Waals surface area contributed by atoms with Gasteiger partial charge in [-0.05, 0) is 72.8 Å². The zero-order chi connectivity index (χ0) is 30.2. The highest BCUT2D eigenvalue weighted by molar-refractivity contribution is 7.26. The molecule has 46 heavy (non-hydrogen) atoms. The summed E-state index contributed by atoms with van der Waals surface area (Å²) in [6.07, 6.45) is 0. The minimum Gasteiger partial charge on any atom is -0.456 e. The number of nitrogens with zero attached hydrogens (tertiary/aromatic N) is 2. The van der Waals surface area contributed by atoms with Crippen molar-refractivity contribution in [1.29, 1.82) is 0 Å². The smallest absolute Gasteiger partial charge is 0.137 e. The largest absolute Gasteiger partial charge is 0.456 e. The topological polar surface area (TPSA) is 21.3 Å². The van der Waals surface area contributed by atoms with Gasteiger partial charge in [0.05, 0.1) is 27.8 Å². The molecule has 0 saturated carbocycles. The summed E-state index contributed by atoms with van der Waals surface area (Å²) in [6.45, 7) is 0. The van der Waals surface area contributed by atoms with Crippen LogP contribution in [0.4, 0.5) is 17.1 Å². The van der Waals surface area contributed by atoms with Crippen molar-refractivity contribution in [3.63, 3.8) is 0 Å².